The number of nitrogens with zero attached hydrogens (tertiary/aromatic N) is 2. The van der Waals surface area contributed by atoms with Gasteiger partial charge < -0.3 is 14.7 Å². The summed E-state index contributed by atoms with van der Waals surface area (Å²) in [5, 5.41) is 6.68. The zero-order chi connectivity index (χ0) is 13.6. The first-order valence-corrected chi connectivity index (χ1v) is 6.56. The van der Waals surface area contributed by atoms with E-state index in [2.05, 4.69) is 10.5 Å². The van der Waals surface area contributed by atoms with Crippen molar-refractivity contribution in [2.24, 2.45) is 5.92 Å². The summed E-state index contributed by atoms with van der Waals surface area (Å²) in [6, 6.07) is -0.332. The minimum atomic E-state index is -0.332. The lowest BCUT2D eigenvalue weighted by Crippen LogP contribution is -2.58. The average molecular weight is 263 g/mol. The maximum atomic E-state index is 12.4. The van der Waals surface area contributed by atoms with Gasteiger partial charge in [-0.3, -0.25) is 9.59 Å². The molecular formula is C13H17N3O3. The van der Waals surface area contributed by atoms with Gasteiger partial charge in [-0.1, -0.05) is 5.16 Å². The molecule has 0 spiro atoms. The van der Waals surface area contributed by atoms with E-state index in [0.717, 1.165) is 24.1 Å². The fourth-order valence-electron chi connectivity index (χ4n) is 2.53. The van der Waals surface area contributed by atoms with E-state index in [1.165, 1.54) is 0 Å². The van der Waals surface area contributed by atoms with E-state index in [4.69, 9.17) is 4.52 Å². The minimum absolute atomic E-state index is 0.0158. The van der Waals surface area contributed by atoms with Crippen molar-refractivity contribution in [3.8, 4) is 0 Å². The van der Waals surface area contributed by atoms with E-state index < -0.39 is 0 Å². The second-order valence-corrected chi connectivity index (χ2v) is 5.38. The Labute approximate surface area is 111 Å². The molecule has 0 radical (unpaired) electrons. The minimum Gasteiger partial charge on any atom is -0.361 e. The summed E-state index contributed by atoms with van der Waals surface area (Å²) in [7, 11) is 0. The van der Waals surface area contributed by atoms with Crippen molar-refractivity contribution < 1.29 is 14.1 Å². The summed E-state index contributed by atoms with van der Waals surface area (Å²) in [5.41, 5.74) is 1.68. The molecule has 1 aliphatic carbocycles. The normalized spacial score (nSPS) is 23.7. The van der Waals surface area contributed by atoms with Gasteiger partial charge in [0.1, 0.15) is 11.8 Å². The maximum absolute atomic E-state index is 12.4. The molecule has 1 aromatic rings. The molecule has 6 heteroatoms. The highest BCUT2D eigenvalue weighted by atomic mass is 16.5. The summed E-state index contributed by atoms with van der Waals surface area (Å²) in [6.07, 6.45) is 2.05. The van der Waals surface area contributed by atoms with Gasteiger partial charge in [-0.2, -0.15) is 0 Å². The molecule has 1 aromatic heterocycles. The number of carbonyl (C=O) groups is 2. The third kappa shape index (κ3) is 2.22. The fraction of sp³-hybridized carbons (Fsp3) is 0.615. The van der Waals surface area contributed by atoms with Gasteiger partial charge in [0.2, 0.25) is 11.8 Å². The van der Waals surface area contributed by atoms with Crippen LogP contribution in [0.2, 0.25) is 0 Å². The number of piperazine rings is 1. The molecule has 2 fully saturated rings. The molecule has 1 saturated heterocycles. The Morgan fingerprint density at radius 2 is 2.11 bits per heavy atom. The van der Waals surface area contributed by atoms with E-state index in [9.17, 15) is 9.59 Å². The fourth-order valence-corrected chi connectivity index (χ4v) is 2.53. The topological polar surface area (TPSA) is 75.4 Å². The Hall–Kier alpha value is -1.85. The first kappa shape index (κ1) is 12.2. The molecule has 19 heavy (non-hydrogen) atoms. The van der Waals surface area contributed by atoms with Crippen LogP contribution < -0.4 is 5.32 Å². The summed E-state index contributed by atoms with van der Waals surface area (Å²) < 4.78 is 5.10. The van der Waals surface area contributed by atoms with Crippen molar-refractivity contribution >= 4 is 11.8 Å². The van der Waals surface area contributed by atoms with E-state index in [0.29, 0.717) is 18.2 Å². The van der Waals surface area contributed by atoms with Crippen molar-refractivity contribution in [2.45, 2.75) is 39.3 Å². The van der Waals surface area contributed by atoms with Gasteiger partial charge in [-0.15, -0.1) is 0 Å². The molecular weight excluding hydrogens is 246 g/mol. The second kappa shape index (κ2) is 4.36. The molecule has 1 atom stereocenters. The molecule has 0 bridgehead atoms. The van der Waals surface area contributed by atoms with Gasteiger partial charge >= 0.3 is 0 Å². The summed E-state index contributed by atoms with van der Waals surface area (Å²) in [6.45, 7) is 4.18. The second-order valence-electron chi connectivity index (χ2n) is 5.38. The molecule has 2 heterocycles. The van der Waals surface area contributed by atoms with Crippen molar-refractivity contribution in [3.63, 3.8) is 0 Å². The number of hydrogen-bond acceptors (Lipinski definition) is 4. The number of carbonyl (C=O) groups excluding carboxylic acids is 2. The molecule has 2 aliphatic rings. The third-order valence-corrected chi connectivity index (χ3v) is 3.85. The van der Waals surface area contributed by atoms with Crippen molar-refractivity contribution in [2.75, 3.05) is 6.54 Å². The van der Waals surface area contributed by atoms with Gasteiger partial charge in [-0.05, 0) is 32.6 Å². The summed E-state index contributed by atoms with van der Waals surface area (Å²) >= 11 is 0. The van der Waals surface area contributed by atoms with Crippen LogP contribution in [0.5, 0.6) is 0 Å². The van der Waals surface area contributed by atoms with Crippen LogP contribution >= 0.6 is 0 Å². The first-order chi connectivity index (χ1) is 9.06. The van der Waals surface area contributed by atoms with Crippen LogP contribution in [0.1, 0.15) is 29.9 Å². The van der Waals surface area contributed by atoms with E-state index in [1.807, 2.05) is 13.8 Å². The molecule has 0 aromatic carbocycles. The number of hydrogen-bond donors (Lipinski definition) is 1. The monoisotopic (exact) mass is 263 g/mol. The SMILES string of the molecule is Cc1noc(C)c1CN1CC(=O)NC(C2CC2)C1=O. The third-order valence-electron chi connectivity index (χ3n) is 3.85. The lowest BCUT2D eigenvalue weighted by molar-refractivity contribution is -0.145. The van der Waals surface area contributed by atoms with Crippen LogP contribution in [0.4, 0.5) is 0 Å². The van der Waals surface area contributed by atoms with Crippen LogP contribution in [0.3, 0.4) is 0 Å². The molecule has 6 nitrogen and oxygen atoms in total. The number of aryl methyl sites for hydroxylation is 2. The Balaban J connectivity index is 1.79. The van der Waals surface area contributed by atoms with E-state index in [-0.39, 0.29) is 24.4 Å². The van der Waals surface area contributed by atoms with E-state index >= 15 is 0 Å². The highest BCUT2D eigenvalue weighted by Crippen LogP contribution is 2.34. The van der Waals surface area contributed by atoms with Gasteiger partial charge in [-0.25, -0.2) is 0 Å². The molecule has 102 valence electrons. The van der Waals surface area contributed by atoms with Crippen LogP contribution in [0.25, 0.3) is 0 Å². The standard InChI is InChI=1S/C13H17N3O3/c1-7-10(8(2)19-15-7)5-16-6-11(17)14-12(13(16)18)9-3-4-9/h9,12H,3-6H2,1-2H3,(H,14,17). The number of rotatable bonds is 3. The van der Waals surface area contributed by atoms with Crippen LogP contribution in [0.15, 0.2) is 4.52 Å². The van der Waals surface area contributed by atoms with E-state index in [1.54, 1.807) is 4.90 Å². The number of aromatic nitrogens is 1. The highest BCUT2D eigenvalue weighted by molar-refractivity contribution is 5.95. The van der Waals surface area contributed by atoms with Crippen LogP contribution in [0, 0.1) is 19.8 Å². The predicted octanol–water partition coefficient (Wildman–Crippen LogP) is 0.528. The Kier molecular flexibility index (Phi) is 2.80. The number of nitrogens with one attached hydrogen (secondary N) is 1. The zero-order valence-corrected chi connectivity index (χ0v) is 11.1. The molecule has 3 rings (SSSR count). The Morgan fingerprint density at radius 3 is 2.68 bits per heavy atom. The first-order valence-electron chi connectivity index (χ1n) is 6.56. The van der Waals surface area contributed by atoms with Crippen molar-refractivity contribution in [3.05, 3.63) is 17.0 Å². The average Bonchev–Trinajstić information content (AvgIpc) is 3.15. The summed E-state index contributed by atoms with van der Waals surface area (Å²) in [5.74, 6) is 0.966. The van der Waals surface area contributed by atoms with Crippen LogP contribution in [-0.2, 0) is 16.1 Å². The highest BCUT2D eigenvalue weighted by Gasteiger charge is 2.42. The van der Waals surface area contributed by atoms with Gasteiger partial charge in [0.15, 0.2) is 0 Å². The quantitative estimate of drug-likeness (QED) is 0.863. The predicted molar refractivity (Wildman–Crippen MR) is 66.0 cm³/mol. The zero-order valence-electron chi connectivity index (χ0n) is 11.1. The van der Waals surface area contributed by atoms with Gasteiger partial charge in [0.05, 0.1) is 18.8 Å². The van der Waals surface area contributed by atoms with Crippen LogP contribution in [-0.4, -0.2) is 34.5 Å². The van der Waals surface area contributed by atoms with Crippen molar-refractivity contribution in [1.82, 2.24) is 15.4 Å². The van der Waals surface area contributed by atoms with Gasteiger partial charge in [0, 0.05) is 5.56 Å². The molecule has 1 N–H and O–H groups in total. The lowest BCUT2D eigenvalue weighted by atomic mass is 10.1. The molecule has 1 unspecified atom stereocenters. The summed E-state index contributed by atoms with van der Waals surface area (Å²) in [4.78, 5) is 25.7. The smallest absolute Gasteiger partial charge is 0.246 e. The maximum Gasteiger partial charge on any atom is 0.246 e. The van der Waals surface area contributed by atoms with Crippen molar-refractivity contribution in [1.29, 1.82) is 0 Å². The Morgan fingerprint density at radius 1 is 1.37 bits per heavy atom. The lowest BCUT2D eigenvalue weighted by Gasteiger charge is -2.32. The molecule has 2 amide bonds. The molecule has 1 saturated carbocycles. The largest absolute Gasteiger partial charge is 0.361 e. The van der Waals surface area contributed by atoms with Gasteiger partial charge in [0.25, 0.3) is 0 Å². The number of amides is 2. The Bertz CT molecular complexity index is 514. The molecule has 1 aliphatic heterocycles.